The van der Waals surface area contributed by atoms with E-state index in [0.717, 1.165) is 19.4 Å². The number of cyclic esters (lactones) is 1. The van der Waals surface area contributed by atoms with Gasteiger partial charge in [-0.1, -0.05) is 30.9 Å². The van der Waals surface area contributed by atoms with Gasteiger partial charge in [0.25, 0.3) is 0 Å². The van der Waals surface area contributed by atoms with E-state index in [9.17, 15) is 14.4 Å². The van der Waals surface area contributed by atoms with Crippen LogP contribution < -0.4 is 5.32 Å². The van der Waals surface area contributed by atoms with Crippen LogP contribution in [0.1, 0.15) is 19.8 Å². The second kappa shape index (κ2) is 7.57. The minimum Gasteiger partial charge on any atom is -0.445 e. The molecular formula is C21H27N3O5. The molecule has 3 amide bonds. The maximum atomic E-state index is 12.2. The number of allylic oxidation sites excluding steroid dienone is 1. The van der Waals surface area contributed by atoms with Crippen molar-refractivity contribution in [1.82, 2.24) is 15.1 Å². The number of nitrogens with one attached hydrogen (secondary N) is 1. The van der Waals surface area contributed by atoms with Gasteiger partial charge in [0.15, 0.2) is 0 Å². The molecule has 1 N–H and O–H groups in total. The maximum Gasteiger partial charge on any atom is 0.410 e. The lowest BCUT2D eigenvalue weighted by Gasteiger charge is -2.27. The van der Waals surface area contributed by atoms with E-state index >= 15 is 0 Å². The van der Waals surface area contributed by atoms with Gasteiger partial charge in [-0.2, -0.15) is 0 Å². The summed E-state index contributed by atoms with van der Waals surface area (Å²) in [7, 11) is 0. The van der Waals surface area contributed by atoms with Crippen molar-refractivity contribution in [2.24, 2.45) is 11.3 Å². The molecule has 4 atom stereocenters. The third-order valence-electron chi connectivity index (χ3n) is 6.26. The highest BCUT2D eigenvalue weighted by atomic mass is 16.6. The van der Waals surface area contributed by atoms with Gasteiger partial charge in [0, 0.05) is 25.4 Å². The van der Waals surface area contributed by atoms with Crippen LogP contribution in [-0.2, 0) is 14.3 Å². The number of ether oxygens (including phenoxy) is 2. The van der Waals surface area contributed by atoms with Gasteiger partial charge in [-0.25, -0.2) is 9.59 Å². The number of rotatable bonds is 6. The molecule has 156 valence electrons. The predicted octanol–water partition coefficient (Wildman–Crippen LogP) is 1.84. The van der Waals surface area contributed by atoms with Gasteiger partial charge in [0.2, 0.25) is 5.91 Å². The van der Waals surface area contributed by atoms with Gasteiger partial charge in [-0.15, -0.1) is 0 Å². The zero-order valence-electron chi connectivity index (χ0n) is 16.6. The number of amides is 3. The summed E-state index contributed by atoms with van der Waals surface area (Å²) < 4.78 is 10.5. The SMILES string of the molecule is C=CCOC(=O)N1CC2CC2(C2=CCC(N3C[C@H](CNC(C)=O)OC3=O)C=C2)C1. The summed E-state index contributed by atoms with van der Waals surface area (Å²) in [5, 5.41) is 2.69. The standard InChI is InChI=1S/C21H27N3O5/c1-3-8-28-19(26)23-11-16-9-21(16,13-23)15-4-6-17(7-5-15)24-12-18(29-20(24)27)10-22-14(2)25/h3-6,16-18H,1,7-13H2,2H3,(H,22,25)/t16?,17?,18-,21?/m0/s1. The summed E-state index contributed by atoms with van der Waals surface area (Å²) in [6, 6.07) is -0.0442. The number of likely N-dealkylation sites (tertiary alicyclic amines) is 1. The molecule has 2 aliphatic carbocycles. The lowest BCUT2D eigenvalue weighted by molar-refractivity contribution is -0.119. The van der Waals surface area contributed by atoms with E-state index in [4.69, 9.17) is 9.47 Å². The average molecular weight is 401 g/mol. The first kappa shape index (κ1) is 19.5. The van der Waals surface area contributed by atoms with E-state index in [1.54, 1.807) is 15.9 Å². The second-order valence-electron chi connectivity index (χ2n) is 8.22. The maximum absolute atomic E-state index is 12.2. The molecule has 2 saturated heterocycles. The summed E-state index contributed by atoms with van der Waals surface area (Å²) in [5.74, 6) is 0.340. The number of hydrogen-bond donors (Lipinski definition) is 1. The molecule has 3 fully saturated rings. The van der Waals surface area contributed by atoms with Gasteiger partial charge >= 0.3 is 12.2 Å². The number of fused-ring (bicyclic) bond motifs is 1. The molecule has 0 radical (unpaired) electrons. The van der Waals surface area contributed by atoms with Gasteiger partial charge < -0.3 is 19.7 Å². The lowest BCUT2D eigenvalue weighted by atomic mass is 9.88. The van der Waals surface area contributed by atoms with Gasteiger partial charge in [-0.3, -0.25) is 9.69 Å². The molecule has 2 aliphatic heterocycles. The van der Waals surface area contributed by atoms with Crippen LogP contribution in [0.3, 0.4) is 0 Å². The fraction of sp³-hybridized carbons (Fsp3) is 0.571. The molecule has 0 aromatic heterocycles. The Hall–Kier alpha value is -2.77. The molecule has 2 heterocycles. The zero-order chi connectivity index (χ0) is 20.6. The molecule has 8 nitrogen and oxygen atoms in total. The third-order valence-corrected chi connectivity index (χ3v) is 6.26. The zero-order valence-corrected chi connectivity index (χ0v) is 16.6. The van der Waals surface area contributed by atoms with E-state index in [1.807, 2.05) is 0 Å². The Labute approximate surface area is 170 Å². The smallest absolute Gasteiger partial charge is 0.410 e. The minimum absolute atomic E-state index is 0.0358. The van der Waals surface area contributed by atoms with Crippen LogP contribution in [-0.4, -0.2) is 72.8 Å². The first-order valence-corrected chi connectivity index (χ1v) is 10.1. The Bertz CT molecular complexity index is 791. The Morgan fingerprint density at radius 2 is 2.28 bits per heavy atom. The van der Waals surface area contributed by atoms with Crippen molar-refractivity contribution in [1.29, 1.82) is 0 Å². The number of nitrogens with zero attached hydrogens (tertiary/aromatic N) is 2. The van der Waals surface area contributed by atoms with E-state index in [-0.39, 0.29) is 42.3 Å². The topological polar surface area (TPSA) is 88.2 Å². The quantitative estimate of drug-likeness (QED) is 0.686. The number of piperidine rings is 1. The van der Waals surface area contributed by atoms with Crippen LogP contribution in [0.5, 0.6) is 0 Å². The highest BCUT2D eigenvalue weighted by Gasteiger charge is 2.62. The summed E-state index contributed by atoms with van der Waals surface area (Å²) in [5.41, 5.74) is 1.29. The lowest BCUT2D eigenvalue weighted by Crippen LogP contribution is -2.38. The van der Waals surface area contributed by atoms with Crippen LogP contribution in [0, 0.1) is 11.3 Å². The molecule has 1 saturated carbocycles. The molecule has 0 bridgehead atoms. The molecule has 0 aromatic rings. The summed E-state index contributed by atoms with van der Waals surface area (Å²) in [6.45, 7) is 7.45. The van der Waals surface area contributed by atoms with Gasteiger partial charge in [0.1, 0.15) is 12.7 Å². The molecule has 0 aromatic carbocycles. The molecule has 4 rings (SSSR count). The van der Waals surface area contributed by atoms with E-state index in [0.29, 0.717) is 25.6 Å². The normalized spacial score (nSPS) is 32.4. The largest absolute Gasteiger partial charge is 0.445 e. The first-order chi connectivity index (χ1) is 13.9. The molecule has 29 heavy (non-hydrogen) atoms. The molecule has 8 heteroatoms. The average Bonchev–Trinajstić information content (AvgIpc) is 3.07. The van der Waals surface area contributed by atoms with Gasteiger partial charge in [-0.05, 0) is 24.3 Å². The number of hydrogen-bond acceptors (Lipinski definition) is 5. The fourth-order valence-electron chi connectivity index (χ4n) is 4.68. The van der Waals surface area contributed by atoms with Crippen LogP contribution in [0.4, 0.5) is 9.59 Å². The van der Waals surface area contributed by atoms with Crippen LogP contribution >= 0.6 is 0 Å². The van der Waals surface area contributed by atoms with Crippen molar-refractivity contribution in [3.05, 3.63) is 36.5 Å². The fourth-order valence-corrected chi connectivity index (χ4v) is 4.68. The van der Waals surface area contributed by atoms with Crippen molar-refractivity contribution in [2.75, 3.05) is 32.8 Å². The van der Waals surface area contributed by atoms with Gasteiger partial charge in [0.05, 0.1) is 19.1 Å². The highest BCUT2D eigenvalue weighted by Crippen LogP contribution is 2.63. The van der Waals surface area contributed by atoms with E-state index < -0.39 is 0 Å². The van der Waals surface area contributed by atoms with Crippen molar-refractivity contribution >= 4 is 18.1 Å². The van der Waals surface area contributed by atoms with E-state index in [1.165, 1.54) is 12.5 Å². The predicted molar refractivity (Wildman–Crippen MR) is 105 cm³/mol. The Kier molecular flexibility index (Phi) is 5.10. The Balaban J connectivity index is 1.32. The van der Waals surface area contributed by atoms with Crippen molar-refractivity contribution in [3.8, 4) is 0 Å². The summed E-state index contributed by atoms with van der Waals surface area (Å²) in [4.78, 5) is 38.9. The highest BCUT2D eigenvalue weighted by molar-refractivity contribution is 5.73. The van der Waals surface area contributed by atoms with Crippen molar-refractivity contribution in [3.63, 3.8) is 0 Å². The minimum atomic E-state index is -0.341. The molecule has 4 aliphatic rings. The second-order valence-corrected chi connectivity index (χ2v) is 8.22. The van der Waals surface area contributed by atoms with Crippen molar-refractivity contribution in [2.45, 2.75) is 31.9 Å². The third kappa shape index (κ3) is 3.75. The number of carbonyl (C=O) groups excluding carboxylic acids is 3. The molecular weight excluding hydrogens is 374 g/mol. The molecule has 3 unspecified atom stereocenters. The summed E-state index contributed by atoms with van der Waals surface area (Å²) >= 11 is 0. The van der Waals surface area contributed by atoms with Crippen molar-refractivity contribution < 1.29 is 23.9 Å². The van der Waals surface area contributed by atoms with E-state index in [2.05, 4.69) is 30.1 Å². The first-order valence-electron chi connectivity index (χ1n) is 10.1. The Morgan fingerprint density at radius 1 is 1.45 bits per heavy atom. The van der Waals surface area contributed by atoms with Crippen LogP contribution in [0.2, 0.25) is 0 Å². The number of carbonyl (C=O) groups is 3. The molecule has 0 spiro atoms. The Morgan fingerprint density at radius 3 is 2.97 bits per heavy atom. The van der Waals surface area contributed by atoms with Crippen LogP contribution in [0.25, 0.3) is 0 Å². The van der Waals surface area contributed by atoms with Crippen LogP contribution in [0.15, 0.2) is 36.5 Å². The monoisotopic (exact) mass is 401 g/mol. The summed E-state index contributed by atoms with van der Waals surface area (Å²) in [6.07, 6.45) is 8.79.